The van der Waals surface area contributed by atoms with E-state index in [-0.39, 0.29) is 17.6 Å². The van der Waals surface area contributed by atoms with Gasteiger partial charge < -0.3 is 4.90 Å². The molecule has 6 heteroatoms. The molecular weight excluding hydrogens is 428 g/mol. The highest BCUT2D eigenvalue weighted by Gasteiger charge is 2.60. The lowest BCUT2D eigenvalue weighted by molar-refractivity contribution is -0.123. The molecule has 0 N–H and O–H groups in total. The average molecular weight is 449 g/mol. The van der Waals surface area contributed by atoms with Crippen molar-refractivity contribution in [2.45, 2.75) is 24.8 Å². The second-order valence-electron chi connectivity index (χ2n) is 7.72. The number of fused-ring (bicyclic) bond motifs is 2. The highest BCUT2D eigenvalue weighted by Crippen LogP contribution is 2.55. The van der Waals surface area contributed by atoms with Crippen molar-refractivity contribution in [2.24, 2.45) is 0 Å². The number of halogens is 1. The fourth-order valence-electron chi connectivity index (χ4n) is 4.37. The molecule has 1 saturated heterocycles. The first-order chi connectivity index (χ1) is 15.0. The molecule has 1 fully saturated rings. The van der Waals surface area contributed by atoms with Gasteiger partial charge in [-0.2, -0.15) is 0 Å². The maximum atomic E-state index is 14.0. The molecule has 0 aromatic heterocycles. The normalized spacial score (nSPS) is 20.1. The summed E-state index contributed by atoms with van der Waals surface area (Å²) in [5.74, 6) is 0.134. The Bertz CT molecular complexity index is 1160. The van der Waals surface area contributed by atoms with Gasteiger partial charge in [0.05, 0.1) is 18.0 Å². The predicted octanol–water partition coefficient (Wildman–Crippen LogP) is 5.38. The SMILES string of the molecule is CCc1ccc(N2C(=O)CS[C@@]23C(=O)N(Cc2ccc(Cl)cc2)c2ccccc23)cc1. The molecule has 2 amide bonds. The van der Waals surface area contributed by atoms with E-state index in [0.29, 0.717) is 11.6 Å². The molecule has 31 heavy (non-hydrogen) atoms. The maximum Gasteiger partial charge on any atom is 0.269 e. The third kappa shape index (κ3) is 3.15. The molecule has 2 heterocycles. The van der Waals surface area contributed by atoms with Gasteiger partial charge >= 0.3 is 0 Å². The number of thioether (sulfide) groups is 1. The number of rotatable bonds is 4. The Balaban J connectivity index is 1.61. The molecule has 1 atom stereocenters. The largest absolute Gasteiger partial charge is 0.304 e. The van der Waals surface area contributed by atoms with Crippen LogP contribution in [0.25, 0.3) is 0 Å². The quantitative estimate of drug-likeness (QED) is 0.537. The Labute approximate surface area is 190 Å². The van der Waals surface area contributed by atoms with Gasteiger partial charge in [-0.1, -0.05) is 61.0 Å². The minimum absolute atomic E-state index is 0.0502. The summed E-state index contributed by atoms with van der Waals surface area (Å²) < 4.78 is 0. The molecule has 156 valence electrons. The summed E-state index contributed by atoms with van der Waals surface area (Å²) in [6.45, 7) is 2.52. The molecule has 1 spiro atoms. The van der Waals surface area contributed by atoms with Gasteiger partial charge in [-0.05, 0) is 47.9 Å². The number of hydrogen-bond donors (Lipinski definition) is 0. The molecule has 2 aliphatic rings. The van der Waals surface area contributed by atoms with Crippen molar-refractivity contribution in [3.63, 3.8) is 0 Å². The third-order valence-corrected chi connectivity index (χ3v) is 7.56. The van der Waals surface area contributed by atoms with Crippen molar-refractivity contribution < 1.29 is 9.59 Å². The highest BCUT2D eigenvalue weighted by atomic mass is 35.5. The molecule has 0 unspecified atom stereocenters. The van der Waals surface area contributed by atoms with E-state index in [1.807, 2.05) is 72.8 Å². The smallest absolute Gasteiger partial charge is 0.269 e. The highest BCUT2D eigenvalue weighted by molar-refractivity contribution is 8.02. The number of para-hydroxylation sites is 1. The van der Waals surface area contributed by atoms with Crippen LogP contribution in [0, 0.1) is 0 Å². The van der Waals surface area contributed by atoms with Crippen molar-refractivity contribution in [3.05, 3.63) is 94.5 Å². The minimum Gasteiger partial charge on any atom is -0.304 e. The van der Waals surface area contributed by atoms with Gasteiger partial charge in [0.1, 0.15) is 0 Å². The van der Waals surface area contributed by atoms with Crippen LogP contribution in [0.4, 0.5) is 11.4 Å². The number of nitrogens with zero attached hydrogens (tertiary/aromatic N) is 2. The molecule has 0 radical (unpaired) electrons. The van der Waals surface area contributed by atoms with E-state index in [0.717, 1.165) is 28.9 Å². The zero-order chi connectivity index (χ0) is 21.6. The Morgan fingerprint density at radius 2 is 1.61 bits per heavy atom. The Morgan fingerprint density at radius 3 is 2.32 bits per heavy atom. The first-order valence-corrected chi connectivity index (χ1v) is 11.6. The number of carbonyl (C=O) groups is 2. The zero-order valence-corrected chi connectivity index (χ0v) is 18.6. The molecule has 2 aliphatic heterocycles. The first-order valence-electron chi connectivity index (χ1n) is 10.3. The molecule has 4 nitrogen and oxygen atoms in total. The maximum absolute atomic E-state index is 14.0. The van der Waals surface area contributed by atoms with Crippen molar-refractivity contribution in [3.8, 4) is 0 Å². The van der Waals surface area contributed by atoms with Gasteiger partial charge in [-0.25, -0.2) is 0 Å². The Morgan fingerprint density at radius 1 is 0.935 bits per heavy atom. The molecule has 3 aromatic rings. The topological polar surface area (TPSA) is 40.6 Å². The van der Waals surface area contributed by atoms with Crippen molar-refractivity contribution in [1.29, 1.82) is 0 Å². The lowest BCUT2D eigenvalue weighted by Gasteiger charge is -2.33. The lowest BCUT2D eigenvalue weighted by atomic mass is 10.0. The minimum atomic E-state index is -1.08. The molecule has 3 aromatic carbocycles. The summed E-state index contributed by atoms with van der Waals surface area (Å²) in [7, 11) is 0. The van der Waals surface area contributed by atoms with Gasteiger partial charge in [0.2, 0.25) is 10.8 Å². The van der Waals surface area contributed by atoms with Crippen molar-refractivity contribution >= 4 is 46.6 Å². The van der Waals surface area contributed by atoms with E-state index in [9.17, 15) is 9.59 Å². The number of benzene rings is 3. The van der Waals surface area contributed by atoms with Crippen LogP contribution in [0.5, 0.6) is 0 Å². The number of hydrogen-bond acceptors (Lipinski definition) is 3. The van der Waals surface area contributed by atoms with E-state index in [1.54, 1.807) is 9.80 Å². The average Bonchev–Trinajstić information content (AvgIpc) is 3.26. The molecule has 0 bridgehead atoms. The third-order valence-electron chi connectivity index (χ3n) is 5.92. The Hall–Kier alpha value is -2.76. The number of carbonyl (C=O) groups excluding carboxylic acids is 2. The summed E-state index contributed by atoms with van der Waals surface area (Å²) in [6, 6.07) is 23.2. The van der Waals surface area contributed by atoms with Crippen LogP contribution in [-0.4, -0.2) is 17.6 Å². The van der Waals surface area contributed by atoms with Gasteiger partial charge in [0.15, 0.2) is 0 Å². The van der Waals surface area contributed by atoms with E-state index in [2.05, 4.69) is 6.92 Å². The number of aryl methyl sites for hydroxylation is 1. The monoisotopic (exact) mass is 448 g/mol. The van der Waals surface area contributed by atoms with E-state index in [1.165, 1.54) is 17.3 Å². The van der Waals surface area contributed by atoms with Crippen molar-refractivity contribution in [1.82, 2.24) is 0 Å². The van der Waals surface area contributed by atoms with Crippen LogP contribution in [0.1, 0.15) is 23.6 Å². The van der Waals surface area contributed by atoms with Crippen molar-refractivity contribution in [2.75, 3.05) is 15.6 Å². The first kappa shape index (κ1) is 20.2. The summed E-state index contributed by atoms with van der Waals surface area (Å²) in [6.07, 6.45) is 0.921. The van der Waals surface area contributed by atoms with Gasteiger partial charge in [-0.15, -0.1) is 11.8 Å². The van der Waals surface area contributed by atoms with E-state index < -0.39 is 4.87 Å². The van der Waals surface area contributed by atoms with E-state index >= 15 is 0 Å². The van der Waals surface area contributed by atoms with Crippen LogP contribution in [0.15, 0.2) is 72.8 Å². The fraction of sp³-hybridized carbons (Fsp3) is 0.200. The molecule has 5 rings (SSSR count). The standard InChI is InChI=1S/C25H21ClN2O2S/c1-2-17-9-13-20(14-10-17)28-23(29)16-31-25(28)21-5-3-4-6-22(21)27(24(25)30)15-18-7-11-19(26)12-8-18/h3-14H,2,15-16H2,1H3/t25-/m0/s1. The zero-order valence-electron chi connectivity index (χ0n) is 17.0. The number of anilines is 2. The lowest BCUT2D eigenvalue weighted by Crippen LogP contribution is -2.49. The van der Waals surface area contributed by atoms with E-state index in [4.69, 9.17) is 11.6 Å². The molecule has 0 saturated carbocycles. The predicted molar refractivity (Wildman–Crippen MR) is 127 cm³/mol. The molecular formula is C25H21ClN2O2S. The van der Waals surface area contributed by atoms with Gasteiger partial charge in [-0.3, -0.25) is 14.5 Å². The summed E-state index contributed by atoms with van der Waals surface area (Å²) in [5, 5.41) is 0.659. The van der Waals surface area contributed by atoms with Crippen LogP contribution in [0.3, 0.4) is 0 Å². The second kappa shape index (κ2) is 7.74. The summed E-state index contributed by atoms with van der Waals surface area (Å²) in [5.41, 5.74) is 4.64. The number of amides is 2. The molecule has 0 aliphatic carbocycles. The van der Waals surface area contributed by atoms with Crippen LogP contribution < -0.4 is 9.80 Å². The Kier molecular flexibility index (Phi) is 5.03. The van der Waals surface area contributed by atoms with Gasteiger partial charge in [0, 0.05) is 16.3 Å². The summed E-state index contributed by atoms with van der Waals surface area (Å²) in [4.78, 5) is 29.5. The second-order valence-corrected chi connectivity index (χ2v) is 9.32. The van der Waals surface area contributed by atoms with Gasteiger partial charge in [0.25, 0.3) is 5.91 Å². The van der Waals surface area contributed by atoms with Crippen LogP contribution in [0.2, 0.25) is 5.02 Å². The summed E-state index contributed by atoms with van der Waals surface area (Å²) >= 11 is 7.44. The fourth-order valence-corrected chi connectivity index (χ4v) is 5.85. The van der Waals surface area contributed by atoms with Crippen LogP contribution >= 0.6 is 23.4 Å². The van der Waals surface area contributed by atoms with Crippen LogP contribution in [-0.2, 0) is 27.4 Å².